The summed E-state index contributed by atoms with van der Waals surface area (Å²) in [5.74, 6) is 0. The van der Waals surface area contributed by atoms with Gasteiger partial charge in [-0.15, -0.1) is 0 Å². The van der Waals surface area contributed by atoms with E-state index >= 15 is 0 Å². The number of rotatable bonds is 2. The maximum atomic E-state index is 12.9. The average molecular weight is 183 g/mol. The standard InChI is InChI=1S/C9H14FN3/c10-8-1-2-9(3-8)13-6-7(4-11)5-12-13/h5-6,8-9H,1-4,11H2. The monoisotopic (exact) mass is 183 g/mol. The van der Waals surface area contributed by atoms with Gasteiger partial charge in [0.2, 0.25) is 0 Å². The number of hydrogen-bond donors (Lipinski definition) is 1. The molecule has 0 amide bonds. The fourth-order valence-electron chi connectivity index (χ4n) is 1.83. The van der Waals surface area contributed by atoms with E-state index in [4.69, 9.17) is 5.73 Å². The van der Waals surface area contributed by atoms with Gasteiger partial charge in [-0.1, -0.05) is 0 Å². The van der Waals surface area contributed by atoms with Crippen molar-refractivity contribution in [2.75, 3.05) is 0 Å². The highest BCUT2D eigenvalue weighted by molar-refractivity contribution is 5.03. The third kappa shape index (κ3) is 1.72. The van der Waals surface area contributed by atoms with Crippen LogP contribution in [-0.2, 0) is 6.54 Å². The molecular formula is C9H14FN3. The second-order valence-electron chi connectivity index (χ2n) is 3.60. The lowest BCUT2D eigenvalue weighted by atomic mass is 10.2. The van der Waals surface area contributed by atoms with E-state index in [0.717, 1.165) is 12.0 Å². The summed E-state index contributed by atoms with van der Waals surface area (Å²) in [7, 11) is 0. The molecule has 1 aliphatic carbocycles. The number of aromatic nitrogens is 2. The number of halogens is 1. The maximum Gasteiger partial charge on any atom is 0.102 e. The summed E-state index contributed by atoms with van der Waals surface area (Å²) in [6.07, 6.45) is 5.20. The lowest BCUT2D eigenvalue weighted by Gasteiger charge is -2.08. The Hall–Kier alpha value is -0.900. The lowest BCUT2D eigenvalue weighted by Crippen LogP contribution is -2.06. The van der Waals surface area contributed by atoms with Gasteiger partial charge in [-0.3, -0.25) is 4.68 Å². The van der Waals surface area contributed by atoms with E-state index in [1.807, 2.05) is 10.9 Å². The van der Waals surface area contributed by atoms with Crippen LogP contribution in [0.15, 0.2) is 12.4 Å². The van der Waals surface area contributed by atoms with Crippen LogP contribution in [-0.4, -0.2) is 16.0 Å². The molecule has 1 saturated carbocycles. The van der Waals surface area contributed by atoms with Crippen molar-refractivity contribution in [1.29, 1.82) is 0 Å². The molecule has 2 rings (SSSR count). The molecule has 1 aliphatic rings. The molecule has 0 bridgehead atoms. The highest BCUT2D eigenvalue weighted by atomic mass is 19.1. The van der Waals surface area contributed by atoms with Gasteiger partial charge >= 0.3 is 0 Å². The number of nitrogens with zero attached hydrogens (tertiary/aromatic N) is 2. The predicted molar refractivity (Wildman–Crippen MR) is 47.9 cm³/mol. The van der Waals surface area contributed by atoms with Crippen molar-refractivity contribution in [2.24, 2.45) is 5.73 Å². The van der Waals surface area contributed by atoms with Gasteiger partial charge in [0, 0.05) is 24.7 Å². The van der Waals surface area contributed by atoms with Crippen LogP contribution in [0, 0.1) is 0 Å². The summed E-state index contributed by atoms with van der Waals surface area (Å²) < 4.78 is 14.7. The first-order valence-electron chi connectivity index (χ1n) is 4.66. The Bertz CT molecular complexity index is 284. The van der Waals surface area contributed by atoms with E-state index in [1.54, 1.807) is 6.20 Å². The lowest BCUT2D eigenvalue weighted by molar-refractivity contribution is 0.326. The molecule has 0 spiro atoms. The Morgan fingerprint density at radius 3 is 3.00 bits per heavy atom. The topological polar surface area (TPSA) is 43.8 Å². The molecule has 0 radical (unpaired) electrons. The molecule has 2 unspecified atom stereocenters. The van der Waals surface area contributed by atoms with Gasteiger partial charge in [0.05, 0.1) is 12.2 Å². The SMILES string of the molecule is NCc1cnn(C2CCC(F)C2)c1. The van der Waals surface area contributed by atoms with E-state index in [9.17, 15) is 4.39 Å². The quantitative estimate of drug-likeness (QED) is 0.753. The average Bonchev–Trinajstić information content (AvgIpc) is 2.71. The van der Waals surface area contributed by atoms with Crippen LogP contribution in [0.3, 0.4) is 0 Å². The Labute approximate surface area is 76.7 Å². The van der Waals surface area contributed by atoms with Crippen LogP contribution in [0.5, 0.6) is 0 Å². The van der Waals surface area contributed by atoms with E-state index < -0.39 is 6.17 Å². The van der Waals surface area contributed by atoms with Crippen LogP contribution in [0.4, 0.5) is 4.39 Å². The minimum Gasteiger partial charge on any atom is -0.326 e. The van der Waals surface area contributed by atoms with Gasteiger partial charge in [0.15, 0.2) is 0 Å². The normalized spacial score (nSPS) is 28.2. The summed E-state index contributed by atoms with van der Waals surface area (Å²) in [5.41, 5.74) is 6.48. The zero-order valence-corrected chi connectivity index (χ0v) is 7.49. The van der Waals surface area contributed by atoms with Gasteiger partial charge in [-0.2, -0.15) is 5.10 Å². The van der Waals surface area contributed by atoms with Gasteiger partial charge in [0.1, 0.15) is 6.17 Å². The third-order valence-electron chi connectivity index (χ3n) is 2.61. The number of alkyl halides is 1. The summed E-state index contributed by atoms with van der Waals surface area (Å²) in [5, 5.41) is 4.17. The molecule has 3 nitrogen and oxygen atoms in total. The first-order chi connectivity index (χ1) is 6.29. The van der Waals surface area contributed by atoms with Crippen molar-refractivity contribution in [3.05, 3.63) is 18.0 Å². The van der Waals surface area contributed by atoms with Gasteiger partial charge in [-0.05, 0) is 12.8 Å². The first-order valence-corrected chi connectivity index (χ1v) is 4.66. The number of hydrogen-bond acceptors (Lipinski definition) is 2. The Kier molecular flexibility index (Phi) is 2.31. The zero-order chi connectivity index (χ0) is 9.26. The highest BCUT2D eigenvalue weighted by Gasteiger charge is 2.25. The Balaban J connectivity index is 2.08. The summed E-state index contributed by atoms with van der Waals surface area (Å²) in [6.45, 7) is 0.506. The minimum absolute atomic E-state index is 0.246. The van der Waals surface area contributed by atoms with Crippen molar-refractivity contribution in [3.63, 3.8) is 0 Å². The molecule has 1 aromatic heterocycles. The molecule has 1 fully saturated rings. The first kappa shape index (κ1) is 8.69. The maximum absolute atomic E-state index is 12.9. The Morgan fingerprint density at radius 1 is 1.62 bits per heavy atom. The minimum atomic E-state index is -0.643. The summed E-state index contributed by atoms with van der Waals surface area (Å²) in [6, 6.07) is 0.246. The fourth-order valence-corrected chi connectivity index (χ4v) is 1.83. The molecule has 0 aromatic carbocycles. The zero-order valence-electron chi connectivity index (χ0n) is 7.49. The van der Waals surface area contributed by atoms with Crippen molar-refractivity contribution in [2.45, 2.75) is 38.0 Å². The largest absolute Gasteiger partial charge is 0.326 e. The van der Waals surface area contributed by atoms with Crippen molar-refractivity contribution in [3.8, 4) is 0 Å². The van der Waals surface area contributed by atoms with Crippen LogP contribution < -0.4 is 5.73 Å². The summed E-state index contributed by atoms with van der Waals surface area (Å²) in [4.78, 5) is 0. The molecule has 1 heterocycles. The molecule has 0 saturated heterocycles. The fraction of sp³-hybridized carbons (Fsp3) is 0.667. The van der Waals surface area contributed by atoms with Crippen LogP contribution in [0.1, 0.15) is 30.9 Å². The molecular weight excluding hydrogens is 169 g/mol. The molecule has 1 aromatic rings. The molecule has 2 N–H and O–H groups in total. The molecule has 13 heavy (non-hydrogen) atoms. The van der Waals surface area contributed by atoms with Crippen LogP contribution in [0.25, 0.3) is 0 Å². The third-order valence-corrected chi connectivity index (χ3v) is 2.61. The van der Waals surface area contributed by atoms with Crippen LogP contribution >= 0.6 is 0 Å². The smallest absolute Gasteiger partial charge is 0.102 e. The number of nitrogens with two attached hydrogens (primary N) is 1. The van der Waals surface area contributed by atoms with Crippen LogP contribution in [0.2, 0.25) is 0 Å². The van der Waals surface area contributed by atoms with Gasteiger partial charge in [-0.25, -0.2) is 4.39 Å². The van der Waals surface area contributed by atoms with Gasteiger partial charge < -0.3 is 5.73 Å². The van der Waals surface area contributed by atoms with Crippen molar-refractivity contribution >= 4 is 0 Å². The molecule has 2 atom stereocenters. The second-order valence-corrected chi connectivity index (χ2v) is 3.60. The predicted octanol–water partition coefficient (Wildman–Crippen LogP) is 1.40. The van der Waals surface area contributed by atoms with E-state index in [1.165, 1.54) is 0 Å². The van der Waals surface area contributed by atoms with E-state index in [2.05, 4.69) is 5.10 Å². The molecule has 72 valence electrons. The van der Waals surface area contributed by atoms with E-state index in [0.29, 0.717) is 19.4 Å². The van der Waals surface area contributed by atoms with Gasteiger partial charge in [0.25, 0.3) is 0 Å². The Morgan fingerprint density at radius 2 is 2.46 bits per heavy atom. The molecule has 0 aliphatic heterocycles. The van der Waals surface area contributed by atoms with E-state index in [-0.39, 0.29) is 6.04 Å². The molecule has 4 heteroatoms. The van der Waals surface area contributed by atoms with Crippen molar-refractivity contribution in [1.82, 2.24) is 9.78 Å². The second kappa shape index (κ2) is 3.46. The van der Waals surface area contributed by atoms with Crippen molar-refractivity contribution < 1.29 is 4.39 Å². The summed E-state index contributed by atoms with van der Waals surface area (Å²) >= 11 is 0. The highest BCUT2D eigenvalue weighted by Crippen LogP contribution is 2.31.